The second kappa shape index (κ2) is 14.4. The number of allylic oxidation sites excluding steroid dienone is 1. The molecule has 5 rings (SSSR count). The summed E-state index contributed by atoms with van der Waals surface area (Å²) in [6.07, 6.45) is 21.7. The number of ether oxygens (including phenoxy) is 6. The molecule has 0 aromatic carbocycles. The lowest BCUT2D eigenvalue weighted by atomic mass is 9.93. The Hall–Kier alpha value is -0.830. The molecule has 3 aliphatic heterocycles. The third-order valence-corrected chi connectivity index (χ3v) is 9.56. The zero-order valence-electron chi connectivity index (χ0n) is 24.2. The molecule has 7 nitrogen and oxygen atoms in total. The maximum Gasteiger partial charge on any atom is 0.171 e. The Labute approximate surface area is 235 Å². The van der Waals surface area contributed by atoms with E-state index in [0.717, 1.165) is 77.4 Å². The number of hydrogen-bond donors (Lipinski definition) is 0. The van der Waals surface area contributed by atoms with E-state index >= 15 is 0 Å². The SMILES string of the molecule is CC(CCCCCCCC(=O)C=C[C@@H]1OCCC[C@H]1O[C@]12CCC[C@@H]1CC1(C2)OCCO1)OC1CCCCO1. The van der Waals surface area contributed by atoms with Gasteiger partial charge in [-0.1, -0.05) is 32.1 Å². The van der Waals surface area contributed by atoms with Gasteiger partial charge in [-0.2, -0.15) is 0 Å². The number of fused-ring (bicyclic) bond motifs is 1. The second-order valence-corrected chi connectivity index (χ2v) is 12.7. The summed E-state index contributed by atoms with van der Waals surface area (Å²) in [6, 6.07) is 0. The smallest absolute Gasteiger partial charge is 0.171 e. The Morgan fingerprint density at radius 2 is 1.74 bits per heavy atom. The van der Waals surface area contributed by atoms with E-state index in [1.165, 1.54) is 38.5 Å². The first-order valence-corrected chi connectivity index (χ1v) is 16.1. The molecule has 3 saturated heterocycles. The number of carbonyl (C=O) groups excluding carboxylic acids is 1. The van der Waals surface area contributed by atoms with Crippen LogP contribution in [0.1, 0.15) is 116 Å². The van der Waals surface area contributed by atoms with E-state index in [0.29, 0.717) is 25.6 Å². The molecule has 2 unspecified atom stereocenters. The average molecular weight is 549 g/mol. The van der Waals surface area contributed by atoms with Crippen LogP contribution in [0.25, 0.3) is 0 Å². The molecule has 0 aromatic heterocycles. The molecule has 0 bridgehead atoms. The highest BCUT2D eigenvalue weighted by molar-refractivity contribution is 5.89. The molecule has 3 heterocycles. The molecular formula is C32H52O7. The van der Waals surface area contributed by atoms with Gasteiger partial charge in [0.05, 0.1) is 31.0 Å². The van der Waals surface area contributed by atoms with Crippen molar-refractivity contribution in [2.45, 2.75) is 152 Å². The maximum atomic E-state index is 12.6. The first kappa shape index (κ1) is 29.7. The van der Waals surface area contributed by atoms with E-state index in [-0.39, 0.29) is 36.0 Å². The minimum atomic E-state index is -0.433. The summed E-state index contributed by atoms with van der Waals surface area (Å²) in [4.78, 5) is 12.6. The van der Waals surface area contributed by atoms with Crippen LogP contribution in [0.4, 0.5) is 0 Å². The highest BCUT2D eigenvalue weighted by Gasteiger charge is 2.61. The van der Waals surface area contributed by atoms with Gasteiger partial charge in [0.2, 0.25) is 0 Å². The van der Waals surface area contributed by atoms with Crippen LogP contribution in [0, 0.1) is 5.92 Å². The van der Waals surface area contributed by atoms with Gasteiger partial charge in [-0.15, -0.1) is 0 Å². The summed E-state index contributed by atoms with van der Waals surface area (Å²) < 4.78 is 36.8. The summed E-state index contributed by atoms with van der Waals surface area (Å²) in [6.45, 7) is 5.09. The van der Waals surface area contributed by atoms with Gasteiger partial charge < -0.3 is 28.4 Å². The Bertz CT molecular complexity index is 787. The van der Waals surface area contributed by atoms with Crippen molar-refractivity contribution < 1.29 is 33.2 Å². The van der Waals surface area contributed by atoms with E-state index in [1.54, 1.807) is 6.08 Å². The Morgan fingerprint density at radius 1 is 0.923 bits per heavy atom. The van der Waals surface area contributed by atoms with E-state index in [2.05, 4.69) is 6.92 Å². The number of ketones is 1. The van der Waals surface area contributed by atoms with Crippen molar-refractivity contribution in [3.05, 3.63) is 12.2 Å². The summed E-state index contributed by atoms with van der Waals surface area (Å²) >= 11 is 0. The van der Waals surface area contributed by atoms with Crippen LogP contribution < -0.4 is 0 Å². The van der Waals surface area contributed by atoms with Crippen LogP contribution >= 0.6 is 0 Å². The predicted octanol–water partition coefficient (Wildman–Crippen LogP) is 6.41. The lowest BCUT2D eigenvalue weighted by molar-refractivity contribution is -0.193. The number of unbranched alkanes of at least 4 members (excludes halogenated alkanes) is 4. The largest absolute Gasteiger partial charge is 0.371 e. The predicted molar refractivity (Wildman–Crippen MR) is 148 cm³/mol. The fourth-order valence-electron chi connectivity index (χ4n) is 7.53. The molecule has 5 fully saturated rings. The van der Waals surface area contributed by atoms with Crippen molar-refractivity contribution in [1.29, 1.82) is 0 Å². The van der Waals surface area contributed by atoms with E-state index in [9.17, 15) is 4.79 Å². The van der Waals surface area contributed by atoms with Crippen molar-refractivity contribution in [3.63, 3.8) is 0 Å². The standard InChI is InChI=1S/C32H52O7/c1-25(38-30-15-7-8-19-35-30)11-5-3-2-4-6-13-27(33)16-17-28-29(14-10-20-34-28)39-31-18-9-12-26(31)23-32(24-31)36-21-22-37-32/h16-17,25-26,28-30H,2-15,18-24H2,1H3/t25?,26-,28+,29-,30?,31+/m1/s1. The monoisotopic (exact) mass is 548 g/mol. The minimum Gasteiger partial charge on any atom is -0.371 e. The van der Waals surface area contributed by atoms with Crippen LogP contribution in [0.3, 0.4) is 0 Å². The second-order valence-electron chi connectivity index (χ2n) is 12.7. The molecule has 5 aliphatic rings. The van der Waals surface area contributed by atoms with Gasteiger partial charge in [0.25, 0.3) is 0 Å². The molecular weight excluding hydrogens is 496 g/mol. The van der Waals surface area contributed by atoms with Crippen LogP contribution in [-0.4, -0.2) is 68.2 Å². The van der Waals surface area contributed by atoms with Gasteiger partial charge in [0.1, 0.15) is 6.10 Å². The lowest BCUT2D eigenvalue weighted by Gasteiger charge is -2.39. The van der Waals surface area contributed by atoms with Crippen molar-refractivity contribution in [2.75, 3.05) is 26.4 Å². The van der Waals surface area contributed by atoms with Gasteiger partial charge in [-0.05, 0) is 82.8 Å². The van der Waals surface area contributed by atoms with Crippen molar-refractivity contribution in [1.82, 2.24) is 0 Å². The fraction of sp³-hybridized carbons (Fsp3) is 0.906. The van der Waals surface area contributed by atoms with E-state index in [1.807, 2.05) is 6.08 Å². The minimum absolute atomic E-state index is 0.00363. The van der Waals surface area contributed by atoms with Crippen LogP contribution in [0.2, 0.25) is 0 Å². The molecule has 0 amide bonds. The van der Waals surface area contributed by atoms with Crippen LogP contribution in [-0.2, 0) is 33.2 Å². The van der Waals surface area contributed by atoms with Crippen molar-refractivity contribution in [3.8, 4) is 0 Å². The van der Waals surface area contributed by atoms with E-state index < -0.39 is 5.79 Å². The van der Waals surface area contributed by atoms with Gasteiger partial charge in [0.15, 0.2) is 17.9 Å². The summed E-state index contributed by atoms with van der Waals surface area (Å²) in [5, 5.41) is 0. The zero-order valence-corrected chi connectivity index (χ0v) is 24.2. The molecule has 6 atom stereocenters. The molecule has 2 aliphatic carbocycles. The summed E-state index contributed by atoms with van der Waals surface area (Å²) in [5.41, 5.74) is -0.167. The molecule has 2 saturated carbocycles. The quantitative estimate of drug-likeness (QED) is 0.183. The third kappa shape index (κ3) is 8.14. The molecule has 0 aromatic rings. The number of hydrogen-bond acceptors (Lipinski definition) is 7. The van der Waals surface area contributed by atoms with Gasteiger partial charge in [0, 0.05) is 32.5 Å². The van der Waals surface area contributed by atoms with Crippen molar-refractivity contribution >= 4 is 5.78 Å². The third-order valence-electron chi connectivity index (χ3n) is 9.56. The molecule has 0 radical (unpaired) electrons. The summed E-state index contributed by atoms with van der Waals surface area (Å²) in [7, 11) is 0. The lowest BCUT2D eigenvalue weighted by Crippen LogP contribution is -2.45. The Balaban J connectivity index is 0.979. The van der Waals surface area contributed by atoms with Gasteiger partial charge >= 0.3 is 0 Å². The molecule has 1 spiro atoms. The molecule has 222 valence electrons. The Morgan fingerprint density at radius 3 is 2.59 bits per heavy atom. The molecule has 7 heteroatoms. The highest BCUT2D eigenvalue weighted by atomic mass is 16.7. The van der Waals surface area contributed by atoms with Crippen LogP contribution in [0.15, 0.2) is 12.2 Å². The van der Waals surface area contributed by atoms with Gasteiger partial charge in [-0.25, -0.2) is 0 Å². The fourth-order valence-corrected chi connectivity index (χ4v) is 7.53. The topological polar surface area (TPSA) is 72.5 Å². The highest BCUT2D eigenvalue weighted by Crippen LogP contribution is 2.57. The Kier molecular flexibility index (Phi) is 10.9. The molecule has 39 heavy (non-hydrogen) atoms. The number of rotatable bonds is 14. The van der Waals surface area contributed by atoms with Gasteiger partial charge in [-0.3, -0.25) is 4.79 Å². The maximum absolute atomic E-state index is 12.6. The molecule has 0 N–H and O–H groups in total. The summed E-state index contributed by atoms with van der Waals surface area (Å²) in [5.74, 6) is 0.255. The van der Waals surface area contributed by atoms with E-state index in [4.69, 9.17) is 28.4 Å². The first-order chi connectivity index (χ1) is 19.1. The average Bonchev–Trinajstić information content (AvgIpc) is 3.62. The zero-order chi connectivity index (χ0) is 27.0. The normalized spacial score (nSPS) is 35.1. The van der Waals surface area contributed by atoms with Crippen molar-refractivity contribution in [2.24, 2.45) is 5.92 Å². The number of carbonyl (C=O) groups is 1. The first-order valence-electron chi connectivity index (χ1n) is 16.1. The van der Waals surface area contributed by atoms with Crippen LogP contribution in [0.5, 0.6) is 0 Å².